The van der Waals surface area contributed by atoms with Gasteiger partial charge in [-0.1, -0.05) is 36.4 Å². The van der Waals surface area contributed by atoms with E-state index in [1.165, 1.54) is 5.56 Å². The van der Waals surface area contributed by atoms with Gasteiger partial charge in [-0.25, -0.2) is 4.99 Å². The third kappa shape index (κ3) is 5.57. The molecule has 2 aromatic rings. The second kappa shape index (κ2) is 11.2. The van der Waals surface area contributed by atoms with Crippen LogP contribution < -0.4 is 14.8 Å². The largest absolute Gasteiger partial charge is 0.493 e. The van der Waals surface area contributed by atoms with Crippen LogP contribution >= 0.6 is 0 Å². The minimum atomic E-state index is -1.09. The van der Waals surface area contributed by atoms with Gasteiger partial charge in [0.1, 0.15) is 6.04 Å². The molecule has 186 valence electrons. The fourth-order valence-electron chi connectivity index (χ4n) is 4.46. The highest BCUT2D eigenvalue weighted by Crippen LogP contribution is 2.36. The van der Waals surface area contributed by atoms with E-state index in [4.69, 9.17) is 19.2 Å². The normalized spacial score (nSPS) is 20.6. The highest BCUT2D eigenvalue weighted by atomic mass is 16.5. The van der Waals surface area contributed by atoms with E-state index in [-0.39, 0.29) is 6.61 Å². The fourth-order valence-corrected chi connectivity index (χ4v) is 4.46. The van der Waals surface area contributed by atoms with E-state index in [1.807, 2.05) is 18.2 Å². The molecule has 2 aliphatic rings. The minimum absolute atomic E-state index is 0.182. The lowest BCUT2D eigenvalue weighted by atomic mass is 9.91. The number of nitrogens with zero attached hydrogens (tertiary/aromatic N) is 3. The van der Waals surface area contributed by atoms with E-state index in [2.05, 4.69) is 27.2 Å². The highest BCUT2D eigenvalue weighted by Gasteiger charge is 2.42. The maximum Gasteiger partial charge on any atom is 0.321 e. The summed E-state index contributed by atoms with van der Waals surface area (Å²) in [6.45, 7) is 5.89. The maximum absolute atomic E-state index is 13.1. The van der Waals surface area contributed by atoms with Gasteiger partial charge in [0.05, 0.1) is 20.8 Å². The molecule has 2 heterocycles. The van der Waals surface area contributed by atoms with E-state index in [0.29, 0.717) is 36.1 Å². The monoisotopic (exact) mass is 480 g/mol. The van der Waals surface area contributed by atoms with Crippen LogP contribution in [0.4, 0.5) is 0 Å². The number of hydrogen-bond acceptors (Lipinski definition) is 8. The SMILES string of the molecule is CCOC(=O)[C@@H]1C(=O)NC(N2CCN(Cc3ccccc3)CC2)=N[C@@H]1c1ccc(OC)c(OC)c1. The predicted octanol–water partition coefficient (Wildman–Crippen LogP) is 2.23. The van der Waals surface area contributed by atoms with Crippen LogP contribution in [0.3, 0.4) is 0 Å². The Bertz CT molecular complexity index is 1070. The molecular formula is C26H32N4O5. The number of rotatable bonds is 7. The Hall–Kier alpha value is -3.59. The van der Waals surface area contributed by atoms with Crippen LogP contribution in [0.2, 0.25) is 0 Å². The number of ether oxygens (including phenoxy) is 3. The van der Waals surface area contributed by atoms with Crippen LogP contribution in [0.1, 0.15) is 24.1 Å². The smallest absolute Gasteiger partial charge is 0.321 e. The van der Waals surface area contributed by atoms with Crippen molar-refractivity contribution in [2.75, 3.05) is 47.0 Å². The van der Waals surface area contributed by atoms with Crippen molar-refractivity contribution in [3.8, 4) is 11.5 Å². The Labute approximate surface area is 205 Å². The number of aliphatic imine (C=N–C) groups is 1. The molecule has 0 aliphatic carbocycles. The Balaban J connectivity index is 1.56. The number of carbonyl (C=O) groups is 2. The summed E-state index contributed by atoms with van der Waals surface area (Å²) in [6, 6.07) is 14.9. The lowest BCUT2D eigenvalue weighted by Gasteiger charge is -2.39. The van der Waals surface area contributed by atoms with Crippen molar-refractivity contribution in [1.29, 1.82) is 0 Å². The molecule has 2 atom stereocenters. The number of hydrogen-bond donors (Lipinski definition) is 1. The lowest BCUT2D eigenvalue weighted by molar-refractivity contribution is -0.153. The van der Waals surface area contributed by atoms with Crippen molar-refractivity contribution in [3.05, 3.63) is 59.7 Å². The Kier molecular flexibility index (Phi) is 7.87. The van der Waals surface area contributed by atoms with E-state index in [1.54, 1.807) is 39.3 Å². The first-order valence-corrected chi connectivity index (χ1v) is 11.8. The lowest BCUT2D eigenvalue weighted by Crippen LogP contribution is -2.57. The van der Waals surface area contributed by atoms with Crippen molar-refractivity contribution >= 4 is 17.8 Å². The summed E-state index contributed by atoms with van der Waals surface area (Å²) in [7, 11) is 3.10. The van der Waals surface area contributed by atoms with Crippen LogP contribution in [0, 0.1) is 5.92 Å². The molecule has 0 radical (unpaired) electrons. The molecule has 0 unspecified atom stereocenters. The number of amides is 1. The van der Waals surface area contributed by atoms with Gasteiger partial charge in [0.2, 0.25) is 11.9 Å². The number of guanidine groups is 1. The average Bonchev–Trinajstić information content (AvgIpc) is 2.89. The molecule has 0 spiro atoms. The Morgan fingerprint density at radius 3 is 2.40 bits per heavy atom. The second-order valence-corrected chi connectivity index (χ2v) is 8.48. The van der Waals surface area contributed by atoms with Crippen molar-refractivity contribution in [2.45, 2.75) is 19.5 Å². The summed E-state index contributed by atoms with van der Waals surface area (Å²) in [5, 5.41) is 2.85. The minimum Gasteiger partial charge on any atom is -0.493 e. The summed E-state index contributed by atoms with van der Waals surface area (Å²) in [5.41, 5.74) is 1.95. The van der Waals surface area contributed by atoms with Gasteiger partial charge in [-0.3, -0.25) is 19.8 Å². The van der Waals surface area contributed by atoms with Gasteiger partial charge in [0, 0.05) is 32.7 Å². The van der Waals surface area contributed by atoms with Crippen LogP contribution in [0.15, 0.2) is 53.5 Å². The van der Waals surface area contributed by atoms with Crippen LogP contribution in [-0.2, 0) is 20.9 Å². The molecule has 9 heteroatoms. The standard InChI is InChI=1S/C26H32N4O5/c1-4-35-25(32)22-23(19-10-11-20(33-2)21(16-19)34-3)27-26(28-24(22)31)30-14-12-29(13-15-30)17-18-8-6-5-7-9-18/h5-11,16,22-23H,4,12-15,17H2,1-3H3,(H,27,28,31)/t22-,23+/m0/s1. The number of esters is 1. The van der Waals surface area contributed by atoms with Crippen LogP contribution in [-0.4, -0.2) is 74.6 Å². The molecule has 2 aromatic carbocycles. The van der Waals surface area contributed by atoms with Gasteiger partial charge < -0.3 is 19.1 Å². The average molecular weight is 481 g/mol. The van der Waals surface area contributed by atoms with E-state index < -0.39 is 23.8 Å². The number of nitrogens with one attached hydrogen (secondary N) is 1. The number of benzene rings is 2. The van der Waals surface area contributed by atoms with Crippen molar-refractivity contribution in [2.24, 2.45) is 10.9 Å². The molecule has 2 aliphatic heterocycles. The first kappa shape index (κ1) is 24.5. The third-order valence-corrected chi connectivity index (χ3v) is 6.31. The summed E-state index contributed by atoms with van der Waals surface area (Å²) in [4.78, 5) is 35.2. The van der Waals surface area contributed by atoms with Gasteiger partial charge in [-0.2, -0.15) is 0 Å². The third-order valence-electron chi connectivity index (χ3n) is 6.31. The van der Waals surface area contributed by atoms with E-state index in [9.17, 15) is 9.59 Å². The summed E-state index contributed by atoms with van der Waals surface area (Å²) in [5.74, 6) is -0.557. The van der Waals surface area contributed by atoms with E-state index in [0.717, 1.165) is 19.6 Å². The Morgan fingerprint density at radius 2 is 1.74 bits per heavy atom. The van der Waals surface area contributed by atoms with Crippen LogP contribution in [0.25, 0.3) is 0 Å². The maximum atomic E-state index is 13.1. The number of carbonyl (C=O) groups excluding carboxylic acids is 2. The van der Waals surface area contributed by atoms with Crippen molar-refractivity contribution in [1.82, 2.24) is 15.1 Å². The molecule has 0 bridgehead atoms. The molecular weight excluding hydrogens is 448 g/mol. The van der Waals surface area contributed by atoms with Crippen molar-refractivity contribution in [3.63, 3.8) is 0 Å². The van der Waals surface area contributed by atoms with Gasteiger partial charge >= 0.3 is 5.97 Å². The molecule has 1 amide bonds. The fraction of sp³-hybridized carbons (Fsp3) is 0.423. The quantitative estimate of drug-likeness (QED) is 0.480. The van der Waals surface area contributed by atoms with E-state index >= 15 is 0 Å². The molecule has 1 saturated heterocycles. The zero-order valence-corrected chi connectivity index (χ0v) is 20.4. The summed E-state index contributed by atoms with van der Waals surface area (Å²) < 4.78 is 16.0. The molecule has 0 aromatic heterocycles. The summed E-state index contributed by atoms with van der Waals surface area (Å²) >= 11 is 0. The van der Waals surface area contributed by atoms with Crippen molar-refractivity contribution < 1.29 is 23.8 Å². The molecule has 35 heavy (non-hydrogen) atoms. The highest BCUT2D eigenvalue weighted by molar-refractivity contribution is 6.08. The number of piperazine rings is 1. The molecule has 4 rings (SSSR count). The molecule has 9 nitrogen and oxygen atoms in total. The van der Waals surface area contributed by atoms with Gasteiger partial charge in [0.15, 0.2) is 17.4 Å². The summed E-state index contributed by atoms with van der Waals surface area (Å²) in [6.07, 6.45) is 0. The molecule has 1 N–H and O–H groups in total. The molecule has 0 saturated carbocycles. The van der Waals surface area contributed by atoms with Gasteiger partial charge in [-0.15, -0.1) is 0 Å². The van der Waals surface area contributed by atoms with Crippen LogP contribution in [0.5, 0.6) is 11.5 Å². The zero-order valence-electron chi connectivity index (χ0n) is 20.4. The van der Waals surface area contributed by atoms with Gasteiger partial charge in [-0.05, 0) is 30.2 Å². The predicted molar refractivity (Wildman–Crippen MR) is 131 cm³/mol. The first-order valence-electron chi connectivity index (χ1n) is 11.8. The Morgan fingerprint density at radius 1 is 1.03 bits per heavy atom. The second-order valence-electron chi connectivity index (χ2n) is 8.48. The molecule has 1 fully saturated rings. The van der Waals surface area contributed by atoms with Gasteiger partial charge in [0.25, 0.3) is 0 Å². The topological polar surface area (TPSA) is 92.7 Å². The zero-order chi connectivity index (χ0) is 24.8. The number of methoxy groups -OCH3 is 2. The first-order chi connectivity index (χ1) is 17.0.